The molecule has 0 rings (SSSR count). The number of nitrogens with one attached hydrogen (secondary N) is 2. The van der Waals surface area contributed by atoms with Crippen LogP contribution in [0.4, 0.5) is 4.79 Å². The van der Waals surface area contributed by atoms with Gasteiger partial charge in [-0.05, 0) is 13.8 Å². The first-order valence-electron chi connectivity index (χ1n) is 5.00. The number of carboxylic acid groups (broad SMARTS) is 1. The quantitative estimate of drug-likeness (QED) is 0.432. The number of urea groups is 1. The summed E-state index contributed by atoms with van der Waals surface area (Å²) >= 11 is 0. The van der Waals surface area contributed by atoms with Gasteiger partial charge in [0.25, 0.3) is 0 Å². The molecule has 0 heterocycles. The van der Waals surface area contributed by atoms with Crippen LogP contribution < -0.4 is 10.6 Å². The maximum absolute atomic E-state index is 11.2. The van der Waals surface area contributed by atoms with Gasteiger partial charge in [0.15, 0.2) is 6.10 Å². The van der Waals surface area contributed by atoms with E-state index >= 15 is 0 Å². The second-order valence-electron chi connectivity index (χ2n) is 3.18. The molecule has 8 heteroatoms. The van der Waals surface area contributed by atoms with Crippen molar-refractivity contribution in [2.24, 2.45) is 0 Å². The molecule has 0 bridgehead atoms. The highest BCUT2D eigenvalue weighted by atomic mass is 16.5. The van der Waals surface area contributed by atoms with Crippen molar-refractivity contribution in [2.75, 3.05) is 13.2 Å². The lowest BCUT2D eigenvalue weighted by Crippen LogP contribution is -2.47. The number of esters is 1. The lowest BCUT2D eigenvalue weighted by Gasteiger charge is -2.14. The van der Waals surface area contributed by atoms with Gasteiger partial charge in [-0.1, -0.05) is 0 Å². The van der Waals surface area contributed by atoms with Gasteiger partial charge < -0.3 is 25.6 Å². The molecule has 4 N–H and O–H groups in total. The van der Waals surface area contributed by atoms with Crippen LogP contribution in [0.2, 0.25) is 0 Å². The Labute approximate surface area is 97.9 Å². The number of rotatable bonds is 6. The third-order valence-corrected chi connectivity index (χ3v) is 1.73. The van der Waals surface area contributed by atoms with Crippen LogP contribution in [0.25, 0.3) is 0 Å². The fraction of sp³-hybridized carbons (Fsp3) is 0.667. The number of aliphatic carboxylic acids is 1. The van der Waals surface area contributed by atoms with Crippen LogP contribution in [0.1, 0.15) is 13.8 Å². The number of aliphatic hydroxyl groups excluding tert-OH is 1. The molecule has 0 spiro atoms. The molecule has 8 nitrogen and oxygen atoms in total. The molecule has 98 valence electrons. The molecule has 0 radical (unpaired) electrons. The second-order valence-corrected chi connectivity index (χ2v) is 3.18. The van der Waals surface area contributed by atoms with E-state index in [2.05, 4.69) is 15.4 Å². The molecule has 2 unspecified atom stereocenters. The Morgan fingerprint density at radius 2 is 1.94 bits per heavy atom. The highest BCUT2D eigenvalue weighted by Gasteiger charge is 2.18. The van der Waals surface area contributed by atoms with Crippen LogP contribution in [-0.4, -0.2) is 53.5 Å². The van der Waals surface area contributed by atoms with Crippen molar-refractivity contribution in [3.8, 4) is 0 Å². The Balaban J connectivity index is 3.93. The van der Waals surface area contributed by atoms with Gasteiger partial charge in [-0.2, -0.15) is 0 Å². The van der Waals surface area contributed by atoms with Crippen molar-refractivity contribution < 1.29 is 29.3 Å². The molecule has 0 aromatic heterocycles. The lowest BCUT2D eigenvalue weighted by molar-refractivity contribution is -0.146. The number of amides is 2. The van der Waals surface area contributed by atoms with E-state index in [9.17, 15) is 14.4 Å². The Morgan fingerprint density at radius 3 is 2.41 bits per heavy atom. The summed E-state index contributed by atoms with van der Waals surface area (Å²) in [4.78, 5) is 32.5. The van der Waals surface area contributed by atoms with Gasteiger partial charge in [0.05, 0.1) is 13.2 Å². The number of ether oxygens (including phenoxy) is 1. The molecule has 0 aliphatic heterocycles. The van der Waals surface area contributed by atoms with Crippen LogP contribution in [0.3, 0.4) is 0 Å². The Morgan fingerprint density at radius 1 is 1.35 bits per heavy atom. The number of carbonyl (C=O) groups is 3. The molecular formula is C9H16N2O6. The van der Waals surface area contributed by atoms with Crippen molar-refractivity contribution in [3.05, 3.63) is 0 Å². The molecule has 0 aromatic rings. The molecule has 17 heavy (non-hydrogen) atoms. The van der Waals surface area contributed by atoms with Crippen LogP contribution in [0, 0.1) is 0 Å². The summed E-state index contributed by atoms with van der Waals surface area (Å²) in [6.45, 7) is 2.81. The van der Waals surface area contributed by atoms with Gasteiger partial charge in [-0.15, -0.1) is 0 Å². The topological polar surface area (TPSA) is 125 Å². The first-order valence-corrected chi connectivity index (χ1v) is 5.00. The second kappa shape index (κ2) is 7.44. The van der Waals surface area contributed by atoms with Crippen LogP contribution in [0.15, 0.2) is 0 Å². The standard InChI is InChI=1S/C9H16N2O6/c1-3-17-8(15)5(2)11-9(16)10-4-6(12)7(13)14/h5-6,12H,3-4H2,1-2H3,(H,13,14)(H2,10,11,16). The Bertz CT molecular complexity index is 293. The predicted octanol–water partition coefficient (Wildman–Crippen LogP) is -1.32. The first-order chi connectivity index (χ1) is 7.88. The van der Waals surface area contributed by atoms with E-state index in [0.717, 1.165) is 0 Å². The van der Waals surface area contributed by atoms with Crippen molar-refractivity contribution in [1.82, 2.24) is 10.6 Å². The highest BCUT2D eigenvalue weighted by Crippen LogP contribution is 1.88. The van der Waals surface area contributed by atoms with E-state index in [4.69, 9.17) is 10.2 Å². The SMILES string of the molecule is CCOC(=O)C(C)NC(=O)NCC(O)C(=O)O. The van der Waals surface area contributed by atoms with E-state index < -0.39 is 36.7 Å². The van der Waals surface area contributed by atoms with Crippen molar-refractivity contribution in [2.45, 2.75) is 26.0 Å². The number of aliphatic hydroxyl groups is 1. The monoisotopic (exact) mass is 248 g/mol. The fourth-order valence-electron chi connectivity index (χ4n) is 0.851. The highest BCUT2D eigenvalue weighted by molar-refractivity contribution is 5.83. The van der Waals surface area contributed by atoms with E-state index in [1.807, 2.05) is 0 Å². The third-order valence-electron chi connectivity index (χ3n) is 1.73. The van der Waals surface area contributed by atoms with Crippen molar-refractivity contribution in [3.63, 3.8) is 0 Å². The number of carboxylic acids is 1. The molecule has 0 saturated carbocycles. The lowest BCUT2D eigenvalue weighted by atomic mass is 10.3. The summed E-state index contributed by atoms with van der Waals surface area (Å²) in [7, 11) is 0. The minimum absolute atomic E-state index is 0.199. The molecule has 0 aliphatic carbocycles. The Kier molecular flexibility index (Phi) is 6.64. The molecular weight excluding hydrogens is 232 g/mol. The number of hydrogen-bond acceptors (Lipinski definition) is 5. The van der Waals surface area contributed by atoms with Crippen molar-refractivity contribution >= 4 is 18.0 Å². The third kappa shape index (κ3) is 6.36. The minimum Gasteiger partial charge on any atom is -0.479 e. The predicted molar refractivity (Wildman–Crippen MR) is 56.3 cm³/mol. The fourth-order valence-corrected chi connectivity index (χ4v) is 0.851. The van der Waals surface area contributed by atoms with Gasteiger partial charge >= 0.3 is 18.0 Å². The van der Waals surface area contributed by atoms with Gasteiger partial charge in [-0.3, -0.25) is 0 Å². The van der Waals surface area contributed by atoms with E-state index in [1.54, 1.807) is 6.92 Å². The zero-order valence-electron chi connectivity index (χ0n) is 9.60. The molecule has 2 amide bonds. The zero-order valence-corrected chi connectivity index (χ0v) is 9.60. The normalized spacial score (nSPS) is 13.4. The summed E-state index contributed by atoms with van der Waals surface area (Å²) in [6, 6.07) is -1.61. The zero-order chi connectivity index (χ0) is 13.4. The summed E-state index contributed by atoms with van der Waals surface area (Å²) < 4.78 is 4.64. The van der Waals surface area contributed by atoms with Gasteiger partial charge in [-0.25, -0.2) is 14.4 Å². The van der Waals surface area contributed by atoms with Crippen LogP contribution in [0.5, 0.6) is 0 Å². The maximum Gasteiger partial charge on any atom is 0.334 e. The van der Waals surface area contributed by atoms with E-state index in [1.165, 1.54) is 6.92 Å². The molecule has 0 aromatic carbocycles. The summed E-state index contributed by atoms with van der Waals surface area (Å²) in [5.41, 5.74) is 0. The largest absolute Gasteiger partial charge is 0.479 e. The molecule has 0 saturated heterocycles. The molecule has 0 aliphatic rings. The van der Waals surface area contributed by atoms with E-state index in [-0.39, 0.29) is 6.61 Å². The average Bonchev–Trinajstić information content (AvgIpc) is 2.25. The van der Waals surface area contributed by atoms with Crippen LogP contribution >= 0.6 is 0 Å². The van der Waals surface area contributed by atoms with Crippen molar-refractivity contribution in [1.29, 1.82) is 0 Å². The maximum atomic E-state index is 11.2. The Hall–Kier alpha value is -1.83. The smallest absolute Gasteiger partial charge is 0.334 e. The van der Waals surface area contributed by atoms with Crippen LogP contribution in [-0.2, 0) is 14.3 Å². The average molecular weight is 248 g/mol. The van der Waals surface area contributed by atoms with Gasteiger partial charge in [0.1, 0.15) is 6.04 Å². The van der Waals surface area contributed by atoms with Gasteiger partial charge in [0.2, 0.25) is 0 Å². The summed E-state index contributed by atoms with van der Waals surface area (Å²) in [5.74, 6) is -2.04. The first kappa shape index (κ1) is 15.2. The summed E-state index contributed by atoms with van der Waals surface area (Å²) in [5, 5.41) is 21.5. The summed E-state index contributed by atoms with van der Waals surface area (Å²) in [6.07, 6.45) is -1.68. The van der Waals surface area contributed by atoms with Gasteiger partial charge in [0, 0.05) is 0 Å². The molecule has 0 fully saturated rings. The number of hydrogen-bond donors (Lipinski definition) is 4. The molecule has 2 atom stereocenters. The van der Waals surface area contributed by atoms with E-state index in [0.29, 0.717) is 0 Å². The number of carbonyl (C=O) groups excluding carboxylic acids is 2. The minimum atomic E-state index is -1.68.